The van der Waals surface area contributed by atoms with Crippen LogP contribution in [0.25, 0.3) is 11.1 Å². The SMILES string of the molecule is CN(Cc1ccc2oc(=O)[nH]c2c1)CC1CNC1. The smallest absolute Gasteiger partial charge is 0.408 e. The fourth-order valence-corrected chi connectivity index (χ4v) is 2.39. The number of rotatable bonds is 4. The van der Waals surface area contributed by atoms with Gasteiger partial charge >= 0.3 is 5.76 Å². The molecule has 0 unspecified atom stereocenters. The van der Waals surface area contributed by atoms with E-state index in [-0.39, 0.29) is 0 Å². The lowest BCUT2D eigenvalue weighted by atomic mass is 10.0. The third kappa shape index (κ3) is 2.32. The molecule has 5 nitrogen and oxygen atoms in total. The molecule has 18 heavy (non-hydrogen) atoms. The molecular formula is C13H17N3O2. The van der Waals surface area contributed by atoms with E-state index < -0.39 is 5.76 Å². The van der Waals surface area contributed by atoms with Crippen LogP contribution in [0.5, 0.6) is 0 Å². The van der Waals surface area contributed by atoms with Crippen molar-refractivity contribution in [1.82, 2.24) is 15.2 Å². The van der Waals surface area contributed by atoms with E-state index in [4.69, 9.17) is 4.42 Å². The fraction of sp³-hybridized carbons (Fsp3) is 0.462. The third-order valence-electron chi connectivity index (χ3n) is 3.37. The second kappa shape index (κ2) is 4.59. The van der Waals surface area contributed by atoms with Gasteiger partial charge in [-0.15, -0.1) is 0 Å². The Labute approximate surface area is 105 Å². The molecule has 0 atom stereocenters. The van der Waals surface area contributed by atoms with Gasteiger partial charge in [-0.1, -0.05) is 6.07 Å². The van der Waals surface area contributed by atoms with Crippen LogP contribution in [-0.2, 0) is 6.54 Å². The molecule has 0 saturated carbocycles. The zero-order chi connectivity index (χ0) is 12.5. The third-order valence-corrected chi connectivity index (χ3v) is 3.37. The van der Waals surface area contributed by atoms with Crippen molar-refractivity contribution in [3.8, 4) is 0 Å². The summed E-state index contributed by atoms with van der Waals surface area (Å²) in [4.78, 5) is 16.1. The van der Waals surface area contributed by atoms with Crippen LogP contribution in [0.3, 0.4) is 0 Å². The minimum atomic E-state index is -0.393. The molecule has 2 aromatic rings. The summed E-state index contributed by atoms with van der Waals surface area (Å²) in [5.74, 6) is 0.378. The number of benzene rings is 1. The molecule has 1 aromatic carbocycles. The van der Waals surface area contributed by atoms with E-state index >= 15 is 0 Å². The largest absolute Gasteiger partial charge is 0.417 e. The van der Waals surface area contributed by atoms with Gasteiger partial charge in [-0.3, -0.25) is 4.98 Å². The van der Waals surface area contributed by atoms with E-state index in [0.717, 1.165) is 37.6 Å². The highest BCUT2D eigenvalue weighted by Crippen LogP contribution is 2.14. The molecule has 1 fully saturated rings. The first-order valence-electron chi connectivity index (χ1n) is 6.22. The van der Waals surface area contributed by atoms with Crippen LogP contribution in [0.2, 0.25) is 0 Å². The van der Waals surface area contributed by atoms with Crippen LogP contribution in [-0.4, -0.2) is 36.6 Å². The maximum atomic E-state index is 11.1. The van der Waals surface area contributed by atoms with Crippen molar-refractivity contribution in [3.05, 3.63) is 34.3 Å². The second-order valence-electron chi connectivity index (χ2n) is 5.07. The molecule has 1 aliphatic rings. The van der Waals surface area contributed by atoms with Gasteiger partial charge in [-0.25, -0.2) is 4.79 Å². The Bertz CT molecular complexity index is 598. The van der Waals surface area contributed by atoms with Gasteiger partial charge in [0.05, 0.1) is 5.52 Å². The van der Waals surface area contributed by atoms with Gasteiger partial charge in [-0.05, 0) is 30.7 Å². The lowest BCUT2D eigenvalue weighted by Crippen LogP contribution is -2.47. The van der Waals surface area contributed by atoms with Crippen LogP contribution in [0, 0.1) is 5.92 Å². The summed E-state index contributed by atoms with van der Waals surface area (Å²) in [6.45, 7) is 4.24. The minimum Gasteiger partial charge on any atom is -0.408 e. The Morgan fingerprint density at radius 2 is 2.28 bits per heavy atom. The van der Waals surface area contributed by atoms with Crippen LogP contribution in [0.15, 0.2) is 27.4 Å². The highest BCUT2D eigenvalue weighted by Gasteiger charge is 2.18. The molecule has 0 bridgehead atoms. The van der Waals surface area contributed by atoms with Crippen molar-refractivity contribution < 1.29 is 4.42 Å². The van der Waals surface area contributed by atoms with Crippen LogP contribution >= 0.6 is 0 Å². The Hall–Kier alpha value is -1.59. The Morgan fingerprint density at radius 1 is 1.44 bits per heavy atom. The predicted molar refractivity (Wildman–Crippen MR) is 69.5 cm³/mol. The van der Waals surface area contributed by atoms with Crippen molar-refractivity contribution in [2.24, 2.45) is 5.92 Å². The zero-order valence-electron chi connectivity index (χ0n) is 10.4. The summed E-state index contributed by atoms with van der Waals surface area (Å²) in [5, 5.41) is 3.28. The van der Waals surface area contributed by atoms with Gasteiger partial charge in [0, 0.05) is 26.2 Å². The maximum absolute atomic E-state index is 11.1. The van der Waals surface area contributed by atoms with Crippen LogP contribution in [0.1, 0.15) is 5.56 Å². The standard InChI is InChI=1S/C13H17N3O2/c1-16(8-10-5-14-6-10)7-9-2-3-12-11(4-9)15-13(17)18-12/h2-4,10,14H,5-8H2,1H3,(H,15,17). The number of hydrogen-bond donors (Lipinski definition) is 2. The first kappa shape index (κ1) is 11.5. The summed E-state index contributed by atoms with van der Waals surface area (Å²) in [6, 6.07) is 5.84. The van der Waals surface area contributed by atoms with Crippen molar-refractivity contribution in [1.29, 1.82) is 0 Å². The molecule has 3 rings (SSSR count). The van der Waals surface area contributed by atoms with E-state index in [9.17, 15) is 4.79 Å². The van der Waals surface area contributed by atoms with Gasteiger partial charge in [-0.2, -0.15) is 0 Å². The molecule has 1 saturated heterocycles. The van der Waals surface area contributed by atoms with Crippen LogP contribution in [0.4, 0.5) is 0 Å². The Balaban J connectivity index is 1.71. The number of aromatic amines is 1. The van der Waals surface area contributed by atoms with Crippen molar-refractivity contribution in [2.45, 2.75) is 6.54 Å². The van der Waals surface area contributed by atoms with Crippen molar-refractivity contribution in [3.63, 3.8) is 0 Å². The van der Waals surface area contributed by atoms with Crippen LogP contribution < -0.4 is 11.1 Å². The molecule has 0 spiro atoms. The number of aromatic nitrogens is 1. The first-order valence-corrected chi connectivity index (χ1v) is 6.22. The van der Waals surface area contributed by atoms with Gasteiger partial charge < -0.3 is 14.6 Å². The lowest BCUT2D eigenvalue weighted by molar-refractivity contribution is 0.219. The second-order valence-corrected chi connectivity index (χ2v) is 5.07. The zero-order valence-corrected chi connectivity index (χ0v) is 10.4. The maximum Gasteiger partial charge on any atom is 0.417 e. The minimum absolute atomic E-state index is 0.393. The number of oxazole rings is 1. The number of fused-ring (bicyclic) bond motifs is 1. The molecule has 2 N–H and O–H groups in total. The van der Waals surface area contributed by atoms with E-state index in [1.54, 1.807) is 0 Å². The van der Waals surface area contributed by atoms with E-state index in [2.05, 4.69) is 22.2 Å². The van der Waals surface area contributed by atoms with E-state index in [0.29, 0.717) is 5.58 Å². The van der Waals surface area contributed by atoms with Gasteiger partial charge in [0.1, 0.15) is 0 Å². The summed E-state index contributed by atoms with van der Waals surface area (Å²) in [6.07, 6.45) is 0. The molecule has 0 amide bonds. The molecule has 2 heterocycles. The Morgan fingerprint density at radius 3 is 3.00 bits per heavy atom. The van der Waals surface area contributed by atoms with E-state index in [1.165, 1.54) is 5.56 Å². The van der Waals surface area contributed by atoms with Gasteiger partial charge in [0.25, 0.3) is 0 Å². The summed E-state index contributed by atoms with van der Waals surface area (Å²) < 4.78 is 4.99. The molecule has 0 aliphatic carbocycles. The highest BCUT2D eigenvalue weighted by atomic mass is 16.4. The quantitative estimate of drug-likeness (QED) is 0.838. The number of hydrogen-bond acceptors (Lipinski definition) is 4. The normalized spacial score (nSPS) is 16.3. The molecule has 0 radical (unpaired) electrons. The number of H-pyrrole nitrogens is 1. The number of nitrogens with one attached hydrogen (secondary N) is 2. The number of nitrogens with zero attached hydrogens (tertiary/aromatic N) is 1. The molecular weight excluding hydrogens is 230 g/mol. The van der Waals surface area contributed by atoms with Gasteiger partial charge in [0.15, 0.2) is 5.58 Å². The Kier molecular flexibility index (Phi) is 2.93. The first-order chi connectivity index (χ1) is 8.70. The molecule has 5 heteroatoms. The van der Waals surface area contributed by atoms with E-state index in [1.807, 2.05) is 18.2 Å². The monoisotopic (exact) mass is 247 g/mol. The van der Waals surface area contributed by atoms with Gasteiger partial charge in [0.2, 0.25) is 0 Å². The predicted octanol–water partition coefficient (Wildman–Crippen LogP) is 0.772. The highest BCUT2D eigenvalue weighted by molar-refractivity contribution is 5.72. The fourth-order valence-electron chi connectivity index (χ4n) is 2.39. The summed E-state index contributed by atoms with van der Waals surface area (Å²) in [7, 11) is 2.13. The topological polar surface area (TPSA) is 61.3 Å². The lowest BCUT2D eigenvalue weighted by Gasteiger charge is -2.31. The average molecular weight is 247 g/mol. The summed E-state index contributed by atoms with van der Waals surface area (Å²) in [5.41, 5.74) is 2.58. The van der Waals surface area contributed by atoms with Crippen molar-refractivity contribution >= 4 is 11.1 Å². The molecule has 1 aromatic heterocycles. The average Bonchev–Trinajstić information content (AvgIpc) is 2.63. The summed E-state index contributed by atoms with van der Waals surface area (Å²) >= 11 is 0. The molecule has 96 valence electrons. The van der Waals surface area contributed by atoms with Crippen molar-refractivity contribution in [2.75, 3.05) is 26.7 Å². The molecule has 1 aliphatic heterocycles.